The third kappa shape index (κ3) is 3.25. The third-order valence-corrected chi connectivity index (χ3v) is 4.82. The number of hydrogen-bond donors (Lipinski definition) is 1. The smallest absolute Gasteiger partial charge is 0.122 e. The molecule has 0 saturated heterocycles. The van der Waals surface area contributed by atoms with E-state index in [0.717, 1.165) is 40.3 Å². The fourth-order valence-corrected chi connectivity index (χ4v) is 3.53. The summed E-state index contributed by atoms with van der Waals surface area (Å²) in [5.74, 6) is 1.40. The zero-order valence-corrected chi connectivity index (χ0v) is 13.9. The predicted octanol–water partition coefficient (Wildman–Crippen LogP) is 5.06. The van der Waals surface area contributed by atoms with Gasteiger partial charge in [-0.2, -0.15) is 0 Å². The Kier molecular flexibility index (Phi) is 4.53. The highest BCUT2D eigenvalue weighted by Gasteiger charge is 2.24. The Bertz CT molecular complexity index is 646. The van der Waals surface area contributed by atoms with Crippen LogP contribution < -0.4 is 10.5 Å². The molecule has 0 saturated carbocycles. The minimum Gasteiger partial charge on any atom is -0.493 e. The van der Waals surface area contributed by atoms with E-state index in [-0.39, 0.29) is 6.04 Å². The number of fused-ring (bicyclic) bond motifs is 1. The van der Waals surface area contributed by atoms with Gasteiger partial charge in [0.25, 0.3) is 0 Å². The van der Waals surface area contributed by atoms with Gasteiger partial charge < -0.3 is 10.5 Å². The Hall–Kier alpha value is -1.03. The van der Waals surface area contributed by atoms with Crippen molar-refractivity contribution in [1.82, 2.24) is 0 Å². The molecule has 0 bridgehead atoms. The van der Waals surface area contributed by atoms with Crippen molar-refractivity contribution in [2.24, 2.45) is 5.73 Å². The van der Waals surface area contributed by atoms with Crippen molar-refractivity contribution in [2.75, 3.05) is 6.61 Å². The van der Waals surface area contributed by atoms with Gasteiger partial charge in [0.05, 0.1) is 6.61 Å². The molecular formula is C17H17BrClNO. The zero-order valence-electron chi connectivity index (χ0n) is 11.6. The van der Waals surface area contributed by atoms with Crippen molar-refractivity contribution in [2.45, 2.75) is 24.8 Å². The van der Waals surface area contributed by atoms with Crippen molar-refractivity contribution >= 4 is 27.5 Å². The molecule has 1 heterocycles. The fourth-order valence-electron chi connectivity index (χ4n) is 2.89. The molecule has 0 radical (unpaired) electrons. The van der Waals surface area contributed by atoms with Gasteiger partial charge in [-0.3, -0.25) is 0 Å². The normalized spacial score (nSPS) is 18.7. The number of para-hydroxylation sites is 1. The van der Waals surface area contributed by atoms with Crippen LogP contribution in [0.3, 0.4) is 0 Å². The predicted molar refractivity (Wildman–Crippen MR) is 90.0 cm³/mol. The van der Waals surface area contributed by atoms with Crippen LogP contribution in [0.1, 0.15) is 35.9 Å². The second kappa shape index (κ2) is 6.39. The summed E-state index contributed by atoms with van der Waals surface area (Å²) in [4.78, 5) is 0. The molecule has 0 fully saturated rings. The maximum Gasteiger partial charge on any atom is 0.122 e. The first kappa shape index (κ1) is 14.9. The van der Waals surface area contributed by atoms with E-state index in [1.165, 1.54) is 5.56 Å². The van der Waals surface area contributed by atoms with Crippen LogP contribution in [0.15, 0.2) is 46.9 Å². The van der Waals surface area contributed by atoms with Crippen LogP contribution in [-0.2, 0) is 0 Å². The van der Waals surface area contributed by atoms with Crippen molar-refractivity contribution in [1.29, 1.82) is 0 Å². The van der Waals surface area contributed by atoms with Crippen LogP contribution in [0.5, 0.6) is 5.75 Å². The summed E-state index contributed by atoms with van der Waals surface area (Å²) in [6.45, 7) is 0.751. The molecule has 0 amide bonds. The van der Waals surface area contributed by atoms with Gasteiger partial charge >= 0.3 is 0 Å². The van der Waals surface area contributed by atoms with Gasteiger partial charge in [0.1, 0.15) is 5.75 Å². The summed E-state index contributed by atoms with van der Waals surface area (Å²) in [5.41, 5.74) is 8.66. The second-order valence-electron chi connectivity index (χ2n) is 5.38. The van der Waals surface area contributed by atoms with E-state index in [9.17, 15) is 0 Å². The van der Waals surface area contributed by atoms with E-state index in [1.54, 1.807) is 0 Å². The molecule has 3 rings (SSSR count). The summed E-state index contributed by atoms with van der Waals surface area (Å²) in [6, 6.07) is 14.0. The number of ether oxygens (including phenoxy) is 1. The van der Waals surface area contributed by atoms with E-state index < -0.39 is 0 Å². The summed E-state index contributed by atoms with van der Waals surface area (Å²) in [5, 5.41) is 0.728. The Balaban J connectivity index is 1.82. The number of rotatable bonds is 3. The number of hydrogen-bond acceptors (Lipinski definition) is 2. The molecule has 2 aromatic carbocycles. The standard InChI is InChI=1S/C17H17BrClNO/c18-12-5-6-15(19)14(10-12)16(20)9-11-7-8-21-17-4-2-1-3-13(11)17/h1-6,10-11,16H,7-9,20H2. The lowest BCUT2D eigenvalue weighted by molar-refractivity contribution is 0.259. The van der Waals surface area contributed by atoms with Crippen molar-refractivity contribution in [3.05, 3.63) is 63.1 Å². The Morgan fingerprint density at radius 2 is 2.10 bits per heavy atom. The monoisotopic (exact) mass is 365 g/mol. The second-order valence-corrected chi connectivity index (χ2v) is 6.70. The third-order valence-electron chi connectivity index (χ3n) is 3.98. The number of halogens is 2. The minimum atomic E-state index is -0.0776. The highest BCUT2D eigenvalue weighted by molar-refractivity contribution is 9.10. The molecule has 0 aliphatic carbocycles. The topological polar surface area (TPSA) is 35.2 Å². The molecule has 110 valence electrons. The van der Waals surface area contributed by atoms with E-state index in [2.05, 4.69) is 28.1 Å². The van der Waals surface area contributed by atoms with Crippen LogP contribution >= 0.6 is 27.5 Å². The Morgan fingerprint density at radius 1 is 1.29 bits per heavy atom. The molecule has 21 heavy (non-hydrogen) atoms. The minimum absolute atomic E-state index is 0.0776. The quantitative estimate of drug-likeness (QED) is 0.824. The molecular weight excluding hydrogens is 350 g/mol. The van der Waals surface area contributed by atoms with E-state index in [4.69, 9.17) is 22.1 Å². The number of nitrogens with two attached hydrogens (primary N) is 1. The molecule has 1 aliphatic rings. The van der Waals surface area contributed by atoms with Gasteiger partial charge in [0.15, 0.2) is 0 Å². The maximum absolute atomic E-state index is 6.41. The SMILES string of the molecule is NC(CC1CCOc2ccccc21)c1cc(Br)ccc1Cl. The summed E-state index contributed by atoms with van der Waals surface area (Å²) >= 11 is 9.76. The zero-order chi connectivity index (χ0) is 14.8. The molecule has 2 nitrogen and oxygen atoms in total. The van der Waals surface area contributed by atoms with Gasteiger partial charge in [0, 0.05) is 15.5 Å². The van der Waals surface area contributed by atoms with E-state index >= 15 is 0 Å². The molecule has 2 aromatic rings. The average molecular weight is 367 g/mol. The molecule has 0 aromatic heterocycles. The van der Waals surface area contributed by atoms with Crippen LogP contribution in [0.2, 0.25) is 5.02 Å². The molecule has 2 unspecified atom stereocenters. The first-order valence-corrected chi connectivity index (χ1v) is 8.24. The molecule has 1 aliphatic heterocycles. The lowest BCUT2D eigenvalue weighted by atomic mass is 9.86. The molecule has 4 heteroatoms. The van der Waals surface area contributed by atoms with Crippen molar-refractivity contribution in [3.8, 4) is 5.75 Å². The van der Waals surface area contributed by atoms with Crippen LogP contribution in [0, 0.1) is 0 Å². The lowest BCUT2D eigenvalue weighted by Crippen LogP contribution is -2.20. The first-order valence-electron chi connectivity index (χ1n) is 7.07. The highest BCUT2D eigenvalue weighted by Crippen LogP contribution is 2.39. The Morgan fingerprint density at radius 3 is 2.95 bits per heavy atom. The Labute approximate surface area is 138 Å². The fraction of sp³-hybridized carbons (Fsp3) is 0.294. The van der Waals surface area contributed by atoms with E-state index in [0.29, 0.717) is 5.92 Å². The van der Waals surface area contributed by atoms with Gasteiger partial charge in [-0.05, 0) is 54.2 Å². The lowest BCUT2D eigenvalue weighted by Gasteiger charge is -2.28. The molecule has 2 atom stereocenters. The summed E-state index contributed by atoms with van der Waals surface area (Å²) in [7, 11) is 0. The van der Waals surface area contributed by atoms with Crippen LogP contribution in [0.4, 0.5) is 0 Å². The summed E-state index contributed by atoms with van der Waals surface area (Å²) in [6.07, 6.45) is 1.87. The van der Waals surface area contributed by atoms with E-state index in [1.807, 2.05) is 30.3 Å². The number of benzene rings is 2. The maximum atomic E-state index is 6.41. The average Bonchev–Trinajstić information content (AvgIpc) is 2.50. The molecule has 2 N–H and O–H groups in total. The van der Waals surface area contributed by atoms with Crippen LogP contribution in [-0.4, -0.2) is 6.61 Å². The van der Waals surface area contributed by atoms with Crippen LogP contribution in [0.25, 0.3) is 0 Å². The summed E-state index contributed by atoms with van der Waals surface area (Å²) < 4.78 is 6.71. The van der Waals surface area contributed by atoms with Gasteiger partial charge in [0.2, 0.25) is 0 Å². The van der Waals surface area contributed by atoms with Crippen molar-refractivity contribution in [3.63, 3.8) is 0 Å². The molecule has 0 spiro atoms. The first-order chi connectivity index (χ1) is 10.1. The van der Waals surface area contributed by atoms with Gasteiger partial charge in [-0.1, -0.05) is 45.7 Å². The largest absolute Gasteiger partial charge is 0.493 e. The van der Waals surface area contributed by atoms with Gasteiger partial charge in [-0.15, -0.1) is 0 Å². The van der Waals surface area contributed by atoms with Gasteiger partial charge in [-0.25, -0.2) is 0 Å². The highest BCUT2D eigenvalue weighted by atomic mass is 79.9. The van der Waals surface area contributed by atoms with Crippen molar-refractivity contribution < 1.29 is 4.74 Å².